The molecule has 1 fully saturated rings. The highest BCUT2D eigenvalue weighted by molar-refractivity contribution is 5.27. The Balaban J connectivity index is 1.98. The summed E-state index contributed by atoms with van der Waals surface area (Å²) in [6, 6.07) is 0.158. The van der Waals surface area contributed by atoms with Crippen molar-refractivity contribution < 1.29 is 5.11 Å². The molecule has 16 heavy (non-hydrogen) atoms. The Hall–Kier alpha value is -0.910. The van der Waals surface area contributed by atoms with Crippen LogP contribution >= 0.6 is 0 Å². The van der Waals surface area contributed by atoms with Crippen molar-refractivity contribution in [2.24, 2.45) is 0 Å². The zero-order chi connectivity index (χ0) is 11.0. The number of rotatable bonds is 1. The molecule has 0 saturated carbocycles. The van der Waals surface area contributed by atoms with Crippen LogP contribution < -0.4 is 10.6 Å². The lowest BCUT2D eigenvalue weighted by atomic mass is 9.79. The summed E-state index contributed by atoms with van der Waals surface area (Å²) in [6.07, 6.45) is 4.71. The van der Waals surface area contributed by atoms with Gasteiger partial charge in [0.1, 0.15) is 0 Å². The SMILES string of the molecule is OCC1Cc2[nH]cnc2C2(CCNCC2)N1. The van der Waals surface area contributed by atoms with Crippen molar-refractivity contribution in [3.05, 3.63) is 17.7 Å². The van der Waals surface area contributed by atoms with Crippen LogP contribution in [0.4, 0.5) is 0 Å². The summed E-state index contributed by atoms with van der Waals surface area (Å²) in [5.41, 5.74) is 2.34. The minimum atomic E-state index is -0.0216. The van der Waals surface area contributed by atoms with Gasteiger partial charge in [0, 0.05) is 18.2 Å². The molecule has 0 aromatic carbocycles. The number of fused-ring (bicyclic) bond motifs is 2. The molecule has 3 heterocycles. The topological polar surface area (TPSA) is 73.0 Å². The van der Waals surface area contributed by atoms with Crippen molar-refractivity contribution >= 4 is 0 Å². The highest BCUT2D eigenvalue weighted by atomic mass is 16.3. The summed E-state index contributed by atoms with van der Waals surface area (Å²) >= 11 is 0. The summed E-state index contributed by atoms with van der Waals surface area (Å²) in [7, 11) is 0. The Kier molecular flexibility index (Phi) is 2.46. The third kappa shape index (κ3) is 1.47. The van der Waals surface area contributed by atoms with Gasteiger partial charge in [0.2, 0.25) is 0 Å². The zero-order valence-corrected chi connectivity index (χ0v) is 9.29. The predicted octanol–water partition coefficient (Wildman–Crippen LogP) is -0.505. The Bertz CT molecular complexity index is 370. The number of aliphatic hydroxyl groups is 1. The molecular weight excluding hydrogens is 204 g/mol. The Morgan fingerprint density at radius 2 is 2.25 bits per heavy atom. The quantitative estimate of drug-likeness (QED) is 0.517. The number of nitrogens with zero attached hydrogens (tertiary/aromatic N) is 1. The molecule has 1 saturated heterocycles. The largest absolute Gasteiger partial charge is 0.395 e. The van der Waals surface area contributed by atoms with Crippen molar-refractivity contribution in [2.45, 2.75) is 30.8 Å². The van der Waals surface area contributed by atoms with Crippen LogP contribution in [0.25, 0.3) is 0 Å². The van der Waals surface area contributed by atoms with Crippen LogP contribution in [0.3, 0.4) is 0 Å². The first kappa shape index (κ1) is 10.3. The van der Waals surface area contributed by atoms with Crippen LogP contribution in [0.15, 0.2) is 6.33 Å². The molecule has 1 unspecified atom stereocenters. The summed E-state index contributed by atoms with van der Waals surface area (Å²) in [5.74, 6) is 0. The van der Waals surface area contributed by atoms with E-state index in [-0.39, 0.29) is 18.2 Å². The summed E-state index contributed by atoms with van der Waals surface area (Å²) in [4.78, 5) is 7.69. The normalized spacial score (nSPS) is 27.9. The highest BCUT2D eigenvalue weighted by Gasteiger charge is 2.42. The molecule has 1 spiro atoms. The van der Waals surface area contributed by atoms with Gasteiger partial charge in [0.05, 0.1) is 24.2 Å². The average Bonchev–Trinajstić information content (AvgIpc) is 2.79. The van der Waals surface area contributed by atoms with Gasteiger partial charge in [-0.1, -0.05) is 0 Å². The first-order valence-corrected chi connectivity index (χ1v) is 5.96. The molecule has 0 amide bonds. The van der Waals surface area contributed by atoms with Crippen LogP contribution in [-0.2, 0) is 12.0 Å². The second kappa shape index (κ2) is 3.84. The molecule has 1 aromatic rings. The minimum absolute atomic E-state index is 0.0216. The van der Waals surface area contributed by atoms with Gasteiger partial charge in [-0.15, -0.1) is 0 Å². The molecule has 2 aliphatic rings. The molecule has 1 atom stereocenters. The highest BCUT2D eigenvalue weighted by Crippen LogP contribution is 2.35. The fourth-order valence-corrected chi connectivity index (χ4v) is 2.99. The van der Waals surface area contributed by atoms with Gasteiger partial charge in [-0.25, -0.2) is 4.98 Å². The van der Waals surface area contributed by atoms with E-state index in [4.69, 9.17) is 0 Å². The maximum Gasteiger partial charge on any atom is 0.0926 e. The number of hydrogen-bond donors (Lipinski definition) is 4. The number of aromatic amines is 1. The van der Waals surface area contributed by atoms with Crippen LogP contribution in [0.2, 0.25) is 0 Å². The van der Waals surface area contributed by atoms with E-state index in [1.165, 1.54) is 11.4 Å². The van der Waals surface area contributed by atoms with E-state index in [2.05, 4.69) is 20.6 Å². The Labute approximate surface area is 94.7 Å². The fraction of sp³-hybridized carbons (Fsp3) is 0.727. The molecule has 0 aliphatic carbocycles. The monoisotopic (exact) mass is 222 g/mol. The molecule has 3 rings (SSSR count). The van der Waals surface area contributed by atoms with Gasteiger partial charge in [0.15, 0.2) is 0 Å². The smallest absolute Gasteiger partial charge is 0.0926 e. The van der Waals surface area contributed by atoms with Gasteiger partial charge in [0.25, 0.3) is 0 Å². The van der Waals surface area contributed by atoms with Crippen LogP contribution in [0, 0.1) is 0 Å². The number of hydrogen-bond acceptors (Lipinski definition) is 4. The van der Waals surface area contributed by atoms with Crippen molar-refractivity contribution in [2.75, 3.05) is 19.7 Å². The molecule has 5 nitrogen and oxygen atoms in total. The lowest BCUT2D eigenvalue weighted by molar-refractivity contribution is 0.149. The lowest BCUT2D eigenvalue weighted by Crippen LogP contribution is -2.58. The van der Waals surface area contributed by atoms with Gasteiger partial charge in [-0.3, -0.25) is 0 Å². The maximum atomic E-state index is 9.36. The molecule has 2 aliphatic heterocycles. The molecule has 0 bridgehead atoms. The van der Waals surface area contributed by atoms with E-state index in [1.54, 1.807) is 6.33 Å². The first-order chi connectivity index (χ1) is 7.84. The molecule has 88 valence electrons. The minimum Gasteiger partial charge on any atom is -0.395 e. The third-order valence-corrected chi connectivity index (χ3v) is 3.78. The number of imidazole rings is 1. The predicted molar refractivity (Wildman–Crippen MR) is 60.1 cm³/mol. The average molecular weight is 222 g/mol. The van der Waals surface area contributed by atoms with Crippen molar-refractivity contribution in [1.82, 2.24) is 20.6 Å². The van der Waals surface area contributed by atoms with Gasteiger partial charge >= 0.3 is 0 Å². The fourth-order valence-electron chi connectivity index (χ4n) is 2.99. The van der Waals surface area contributed by atoms with Crippen LogP contribution in [0.5, 0.6) is 0 Å². The zero-order valence-electron chi connectivity index (χ0n) is 9.29. The lowest BCUT2D eigenvalue weighted by Gasteiger charge is -2.43. The number of piperidine rings is 1. The van der Waals surface area contributed by atoms with Crippen molar-refractivity contribution in [1.29, 1.82) is 0 Å². The van der Waals surface area contributed by atoms with E-state index < -0.39 is 0 Å². The van der Waals surface area contributed by atoms with E-state index in [9.17, 15) is 5.11 Å². The number of nitrogens with one attached hydrogen (secondary N) is 3. The van der Waals surface area contributed by atoms with Crippen molar-refractivity contribution in [3.8, 4) is 0 Å². The van der Waals surface area contributed by atoms with Crippen molar-refractivity contribution in [3.63, 3.8) is 0 Å². The Morgan fingerprint density at radius 3 is 3.00 bits per heavy atom. The van der Waals surface area contributed by atoms with Crippen LogP contribution in [0.1, 0.15) is 24.2 Å². The number of aliphatic hydroxyl groups excluding tert-OH is 1. The number of aromatic nitrogens is 2. The molecule has 4 N–H and O–H groups in total. The van der Waals surface area contributed by atoms with E-state index in [0.29, 0.717) is 0 Å². The molecule has 5 heteroatoms. The standard InChI is InChI=1S/C11H18N4O/c16-6-8-5-9-10(14-7-13-9)11(15-8)1-3-12-4-2-11/h7-8,12,15-16H,1-6H2,(H,13,14). The first-order valence-electron chi connectivity index (χ1n) is 5.96. The third-order valence-electron chi connectivity index (χ3n) is 3.78. The molecular formula is C11H18N4O. The van der Waals surface area contributed by atoms with Gasteiger partial charge in [-0.05, 0) is 25.9 Å². The summed E-state index contributed by atoms with van der Waals surface area (Å²) in [5, 5.41) is 16.3. The summed E-state index contributed by atoms with van der Waals surface area (Å²) < 4.78 is 0. The number of H-pyrrole nitrogens is 1. The second-order valence-electron chi connectivity index (χ2n) is 4.79. The maximum absolute atomic E-state index is 9.36. The van der Waals surface area contributed by atoms with E-state index >= 15 is 0 Å². The van der Waals surface area contributed by atoms with Crippen LogP contribution in [-0.4, -0.2) is 40.8 Å². The summed E-state index contributed by atoms with van der Waals surface area (Å²) in [6.45, 7) is 2.21. The molecule has 1 aromatic heterocycles. The van der Waals surface area contributed by atoms with E-state index in [0.717, 1.165) is 32.4 Å². The second-order valence-corrected chi connectivity index (χ2v) is 4.79. The van der Waals surface area contributed by atoms with Gasteiger partial charge in [-0.2, -0.15) is 0 Å². The Morgan fingerprint density at radius 1 is 1.44 bits per heavy atom. The van der Waals surface area contributed by atoms with E-state index in [1.807, 2.05) is 0 Å². The molecule has 0 radical (unpaired) electrons. The van der Waals surface area contributed by atoms with Gasteiger partial charge < -0.3 is 20.7 Å².